The highest BCUT2D eigenvalue weighted by Crippen LogP contribution is 2.35. The Labute approximate surface area is 92.5 Å². The fourth-order valence-corrected chi connectivity index (χ4v) is 1.80. The summed E-state index contributed by atoms with van der Waals surface area (Å²) in [5, 5.41) is 0. The molecule has 1 aromatic rings. The fourth-order valence-electron chi connectivity index (χ4n) is 1.80. The SMILES string of the molecule is CC(c1ccccc1)C(C)C(C)(C)C=O. The van der Waals surface area contributed by atoms with Crippen molar-refractivity contribution in [1.82, 2.24) is 0 Å². The Kier molecular flexibility index (Phi) is 3.67. The van der Waals surface area contributed by atoms with Crippen LogP contribution in [0.25, 0.3) is 0 Å². The highest BCUT2D eigenvalue weighted by atomic mass is 16.1. The monoisotopic (exact) mass is 204 g/mol. The van der Waals surface area contributed by atoms with E-state index in [0.29, 0.717) is 11.8 Å². The van der Waals surface area contributed by atoms with Crippen LogP contribution < -0.4 is 0 Å². The summed E-state index contributed by atoms with van der Waals surface area (Å²) in [6, 6.07) is 10.4. The number of hydrogen-bond donors (Lipinski definition) is 0. The summed E-state index contributed by atoms with van der Waals surface area (Å²) < 4.78 is 0. The molecule has 0 amide bonds. The van der Waals surface area contributed by atoms with Gasteiger partial charge in [-0.3, -0.25) is 0 Å². The zero-order valence-corrected chi connectivity index (χ0v) is 10.0. The van der Waals surface area contributed by atoms with Gasteiger partial charge in [0.15, 0.2) is 0 Å². The first kappa shape index (κ1) is 12.0. The van der Waals surface area contributed by atoms with Gasteiger partial charge in [-0.15, -0.1) is 0 Å². The van der Waals surface area contributed by atoms with Crippen molar-refractivity contribution in [3.05, 3.63) is 35.9 Å². The van der Waals surface area contributed by atoms with E-state index in [9.17, 15) is 4.79 Å². The average molecular weight is 204 g/mol. The molecule has 0 saturated heterocycles. The highest BCUT2D eigenvalue weighted by molar-refractivity contribution is 5.58. The van der Waals surface area contributed by atoms with Gasteiger partial charge in [-0.2, -0.15) is 0 Å². The molecule has 0 radical (unpaired) electrons. The standard InChI is InChI=1S/C14H20O/c1-11(12(2)14(3,4)10-15)13-8-6-5-7-9-13/h5-12H,1-4H3. The van der Waals surface area contributed by atoms with E-state index in [1.54, 1.807) is 0 Å². The Bertz CT molecular complexity index is 313. The molecule has 82 valence electrons. The quantitative estimate of drug-likeness (QED) is 0.684. The number of carbonyl (C=O) groups excluding carboxylic acids is 1. The number of carbonyl (C=O) groups is 1. The maximum Gasteiger partial charge on any atom is 0.125 e. The van der Waals surface area contributed by atoms with E-state index < -0.39 is 0 Å². The van der Waals surface area contributed by atoms with E-state index in [1.807, 2.05) is 32.0 Å². The largest absolute Gasteiger partial charge is 0.303 e. The maximum atomic E-state index is 11.0. The van der Waals surface area contributed by atoms with Crippen LogP contribution in [-0.2, 0) is 4.79 Å². The first-order valence-corrected chi connectivity index (χ1v) is 5.50. The van der Waals surface area contributed by atoms with Crippen molar-refractivity contribution in [2.45, 2.75) is 33.6 Å². The Hall–Kier alpha value is -1.11. The van der Waals surface area contributed by atoms with E-state index in [-0.39, 0.29) is 5.41 Å². The molecule has 1 nitrogen and oxygen atoms in total. The lowest BCUT2D eigenvalue weighted by Gasteiger charge is -2.31. The summed E-state index contributed by atoms with van der Waals surface area (Å²) in [6.07, 6.45) is 1.07. The van der Waals surface area contributed by atoms with E-state index in [0.717, 1.165) is 6.29 Å². The van der Waals surface area contributed by atoms with Crippen molar-refractivity contribution < 1.29 is 4.79 Å². The Balaban J connectivity index is 2.86. The maximum absolute atomic E-state index is 11.0. The molecule has 0 aliphatic carbocycles. The van der Waals surface area contributed by atoms with Crippen molar-refractivity contribution in [3.63, 3.8) is 0 Å². The summed E-state index contributed by atoms with van der Waals surface area (Å²) in [7, 11) is 0. The Morgan fingerprint density at radius 2 is 1.67 bits per heavy atom. The van der Waals surface area contributed by atoms with Crippen molar-refractivity contribution in [1.29, 1.82) is 0 Å². The normalized spacial score (nSPS) is 15.7. The molecule has 0 N–H and O–H groups in total. The van der Waals surface area contributed by atoms with Gasteiger partial charge in [0.05, 0.1) is 0 Å². The average Bonchev–Trinajstić information content (AvgIpc) is 2.28. The van der Waals surface area contributed by atoms with Crippen LogP contribution in [0.2, 0.25) is 0 Å². The second-order valence-electron chi connectivity index (χ2n) is 4.93. The van der Waals surface area contributed by atoms with Crippen molar-refractivity contribution in [3.8, 4) is 0 Å². The predicted octanol–water partition coefficient (Wildman–Crippen LogP) is 3.65. The van der Waals surface area contributed by atoms with Crippen LogP contribution in [-0.4, -0.2) is 6.29 Å². The molecule has 1 aromatic carbocycles. The molecular formula is C14H20O. The molecule has 2 unspecified atom stereocenters. The molecule has 0 spiro atoms. The Morgan fingerprint density at radius 1 is 1.13 bits per heavy atom. The lowest BCUT2D eigenvalue weighted by atomic mass is 9.72. The van der Waals surface area contributed by atoms with Gasteiger partial charge in [0.1, 0.15) is 6.29 Å². The van der Waals surface area contributed by atoms with Crippen LogP contribution in [0.4, 0.5) is 0 Å². The first-order valence-electron chi connectivity index (χ1n) is 5.50. The third-order valence-corrected chi connectivity index (χ3v) is 3.55. The summed E-state index contributed by atoms with van der Waals surface area (Å²) >= 11 is 0. The molecule has 0 heterocycles. The molecule has 15 heavy (non-hydrogen) atoms. The van der Waals surface area contributed by atoms with Crippen LogP contribution in [0.3, 0.4) is 0 Å². The summed E-state index contributed by atoms with van der Waals surface area (Å²) in [4.78, 5) is 11.0. The minimum absolute atomic E-state index is 0.255. The van der Waals surface area contributed by atoms with E-state index in [2.05, 4.69) is 26.0 Å². The summed E-state index contributed by atoms with van der Waals surface area (Å²) in [5.74, 6) is 0.754. The molecular weight excluding hydrogens is 184 g/mol. The molecule has 1 rings (SSSR count). The van der Waals surface area contributed by atoms with Crippen molar-refractivity contribution in [2.75, 3.05) is 0 Å². The lowest BCUT2D eigenvalue weighted by Crippen LogP contribution is -2.27. The zero-order valence-electron chi connectivity index (χ0n) is 10.0. The van der Waals surface area contributed by atoms with Gasteiger partial charge in [0.25, 0.3) is 0 Å². The smallest absolute Gasteiger partial charge is 0.125 e. The fraction of sp³-hybridized carbons (Fsp3) is 0.500. The van der Waals surface area contributed by atoms with Gasteiger partial charge in [-0.05, 0) is 17.4 Å². The summed E-state index contributed by atoms with van der Waals surface area (Å²) in [5.41, 5.74) is 1.05. The van der Waals surface area contributed by atoms with Gasteiger partial charge in [0, 0.05) is 5.41 Å². The topological polar surface area (TPSA) is 17.1 Å². The molecule has 0 aliphatic rings. The van der Waals surface area contributed by atoms with Gasteiger partial charge in [0.2, 0.25) is 0 Å². The number of rotatable bonds is 4. The van der Waals surface area contributed by atoms with E-state index in [1.165, 1.54) is 5.56 Å². The van der Waals surface area contributed by atoms with Gasteiger partial charge >= 0.3 is 0 Å². The van der Waals surface area contributed by atoms with E-state index >= 15 is 0 Å². The molecule has 0 saturated carbocycles. The van der Waals surface area contributed by atoms with Crippen LogP contribution in [0.5, 0.6) is 0 Å². The van der Waals surface area contributed by atoms with Crippen molar-refractivity contribution in [2.24, 2.45) is 11.3 Å². The molecule has 0 fully saturated rings. The predicted molar refractivity (Wildman–Crippen MR) is 63.9 cm³/mol. The second-order valence-corrected chi connectivity index (χ2v) is 4.93. The summed E-state index contributed by atoms with van der Waals surface area (Å²) in [6.45, 7) is 8.34. The Morgan fingerprint density at radius 3 is 2.13 bits per heavy atom. The third kappa shape index (κ3) is 2.68. The zero-order chi connectivity index (χ0) is 11.5. The molecule has 1 heteroatoms. The number of benzene rings is 1. The van der Waals surface area contributed by atoms with Crippen LogP contribution in [0.15, 0.2) is 30.3 Å². The van der Waals surface area contributed by atoms with Crippen LogP contribution >= 0.6 is 0 Å². The number of aldehydes is 1. The third-order valence-electron chi connectivity index (χ3n) is 3.55. The first-order chi connectivity index (χ1) is 6.99. The van der Waals surface area contributed by atoms with Crippen LogP contribution in [0, 0.1) is 11.3 Å². The minimum atomic E-state index is -0.255. The van der Waals surface area contributed by atoms with Gasteiger partial charge in [-0.1, -0.05) is 58.0 Å². The molecule has 0 aromatic heterocycles. The molecule has 0 bridgehead atoms. The highest BCUT2D eigenvalue weighted by Gasteiger charge is 2.30. The lowest BCUT2D eigenvalue weighted by molar-refractivity contribution is -0.117. The van der Waals surface area contributed by atoms with Crippen LogP contribution in [0.1, 0.15) is 39.2 Å². The minimum Gasteiger partial charge on any atom is -0.303 e. The van der Waals surface area contributed by atoms with E-state index in [4.69, 9.17) is 0 Å². The molecule has 0 aliphatic heterocycles. The van der Waals surface area contributed by atoms with Gasteiger partial charge in [-0.25, -0.2) is 0 Å². The second kappa shape index (κ2) is 4.61. The van der Waals surface area contributed by atoms with Gasteiger partial charge < -0.3 is 4.79 Å². The molecule has 2 atom stereocenters. The number of hydrogen-bond acceptors (Lipinski definition) is 1. The van der Waals surface area contributed by atoms with Crippen molar-refractivity contribution >= 4 is 6.29 Å².